The Kier molecular flexibility index (Phi) is 6.10. The normalized spacial score (nSPS) is 11.8. The molecule has 5 heteroatoms. The minimum absolute atomic E-state index is 0.0296. The van der Waals surface area contributed by atoms with Crippen LogP contribution in [-0.2, 0) is 4.79 Å². The molecule has 0 radical (unpaired) electrons. The second-order valence-corrected chi connectivity index (χ2v) is 5.65. The molecule has 1 atom stereocenters. The lowest BCUT2D eigenvalue weighted by Crippen LogP contribution is -2.32. The summed E-state index contributed by atoms with van der Waals surface area (Å²) in [7, 11) is 0. The molecule has 0 spiro atoms. The molecule has 0 saturated carbocycles. The van der Waals surface area contributed by atoms with Gasteiger partial charge in [0.1, 0.15) is 5.75 Å². The molecule has 0 fully saturated rings. The smallest absolute Gasteiger partial charge is 0.258 e. The summed E-state index contributed by atoms with van der Waals surface area (Å²) in [6, 6.07) is 14.7. The van der Waals surface area contributed by atoms with Crippen LogP contribution in [0.5, 0.6) is 5.75 Å². The number of nitrogens with one attached hydrogen (secondary N) is 1. The molecule has 1 amide bonds. The molecule has 1 N–H and O–H groups in total. The predicted octanol–water partition coefficient (Wildman–Crippen LogP) is 4.64. The number of rotatable bonds is 6. The Labute approximate surface area is 140 Å². The molecule has 0 aromatic heterocycles. The van der Waals surface area contributed by atoms with Crippen LogP contribution in [0.2, 0.25) is 10.0 Å². The zero-order valence-corrected chi connectivity index (χ0v) is 13.7. The second kappa shape index (κ2) is 8.06. The maximum absolute atomic E-state index is 12.0. The molecule has 3 nitrogen and oxygen atoms in total. The molecule has 2 aromatic rings. The quantitative estimate of drug-likeness (QED) is 0.833. The first-order chi connectivity index (χ1) is 10.6. The first-order valence-corrected chi connectivity index (χ1v) is 7.78. The lowest BCUT2D eigenvalue weighted by atomic mass is 10.0. The summed E-state index contributed by atoms with van der Waals surface area (Å²) in [6.07, 6.45) is 0.803. The Morgan fingerprint density at radius 1 is 1.18 bits per heavy atom. The first-order valence-electron chi connectivity index (χ1n) is 7.02. The maximum Gasteiger partial charge on any atom is 0.258 e. The summed E-state index contributed by atoms with van der Waals surface area (Å²) < 4.78 is 5.43. The first kappa shape index (κ1) is 16.7. The zero-order chi connectivity index (χ0) is 15.9. The number of ether oxygens (including phenoxy) is 1. The maximum atomic E-state index is 12.0. The average molecular weight is 338 g/mol. The third kappa shape index (κ3) is 4.65. The summed E-state index contributed by atoms with van der Waals surface area (Å²) in [5.74, 6) is 0.246. The molecule has 0 bridgehead atoms. The number of carbonyl (C=O) groups excluding carboxylic acids is 1. The van der Waals surface area contributed by atoms with Crippen molar-refractivity contribution in [2.45, 2.75) is 19.4 Å². The third-order valence-electron chi connectivity index (χ3n) is 3.20. The van der Waals surface area contributed by atoms with Crippen molar-refractivity contribution in [2.75, 3.05) is 6.61 Å². The van der Waals surface area contributed by atoms with E-state index in [1.54, 1.807) is 18.2 Å². The molecular formula is C17H17Cl2NO2. The van der Waals surface area contributed by atoms with Gasteiger partial charge in [-0.05, 0) is 30.2 Å². The van der Waals surface area contributed by atoms with Gasteiger partial charge in [-0.25, -0.2) is 0 Å². The summed E-state index contributed by atoms with van der Waals surface area (Å²) in [4.78, 5) is 12.0. The minimum atomic E-state index is -0.193. The Balaban J connectivity index is 1.92. The van der Waals surface area contributed by atoms with Gasteiger partial charge in [0.15, 0.2) is 6.61 Å². The molecule has 0 aliphatic rings. The number of amides is 1. The predicted molar refractivity (Wildman–Crippen MR) is 89.6 cm³/mol. The molecule has 22 heavy (non-hydrogen) atoms. The van der Waals surface area contributed by atoms with Crippen LogP contribution in [0.15, 0.2) is 48.5 Å². The van der Waals surface area contributed by atoms with Crippen molar-refractivity contribution in [1.82, 2.24) is 5.32 Å². The largest absolute Gasteiger partial charge is 0.482 e. The highest BCUT2D eigenvalue weighted by Crippen LogP contribution is 2.27. The topological polar surface area (TPSA) is 38.3 Å². The van der Waals surface area contributed by atoms with Crippen molar-refractivity contribution < 1.29 is 9.53 Å². The van der Waals surface area contributed by atoms with E-state index in [2.05, 4.69) is 5.32 Å². The van der Waals surface area contributed by atoms with Gasteiger partial charge in [-0.2, -0.15) is 0 Å². The van der Waals surface area contributed by atoms with Crippen LogP contribution in [-0.4, -0.2) is 12.5 Å². The Morgan fingerprint density at radius 3 is 2.55 bits per heavy atom. The Hall–Kier alpha value is -1.71. The Bertz CT molecular complexity index is 632. The van der Waals surface area contributed by atoms with E-state index in [1.807, 2.05) is 37.3 Å². The van der Waals surface area contributed by atoms with E-state index in [0.717, 1.165) is 12.0 Å². The van der Waals surface area contributed by atoms with Crippen LogP contribution >= 0.6 is 23.2 Å². The van der Waals surface area contributed by atoms with Gasteiger partial charge < -0.3 is 10.1 Å². The lowest BCUT2D eigenvalue weighted by Gasteiger charge is -2.17. The number of halogens is 2. The van der Waals surface area contributed by atoms with Crippen molar-refractivity contribution >= 4 is 29.1 Å². The van der Waals surface area contributed by atoms with Gasteiger partial charge in [0.25, 0.3) is 5.91 Å². The molecule has 0 saturated heterocycles. The van der Waals surface area contributed by atoms with Gasteiger partial charge >= 0.3 is 0 Å². The highest BCUT2D eigenvalue weighted by molar-refractivity contribution is 6.35. The number of hydrogen-bond donors (Lipinski definition) is 1. The van der Waals surface area contributed by atoms with Crippen molar-refractivity contribution in [3.8, 4) is 5.75 Å². The van der Waals surface area contributed by atoms with Gasteiger partial charge in [0.2, 0.25) is 0 Å². The molecule has 0 heterocycles. The van der Waals surface area contributed by atoms with Gasteiger partial charge in [0, 0.05) is 5.02 Å². The molecular weight excluding hydrogens is 321 g/mol. The molecule has 0 aliphatic heterocycles. The van der Waals surface area contributed by atoms with Crippen LogP contribution in [0.25, 0.3) is 0 Å². The van der Waals surface area contributed by atoms with Gasteiger partial charge in [0.05, 0.1) is 11.1 Å². The number of carbonyl (C=O) groups is 1. The third-order valence-corrected chi connectivity index (χ3v) is 3.73. The molecule has 2 aromatic carbocycles. The van der Waals surface area contributed by atoms with Crippen molar-refractivity contribution in [2.24, 2.45) is 0 Å². The SMILES string of the molecule is CCC(NC(=O)COc1ccc(Cl)cc1Cl)c1ccccc1. The minimum Gasteiger partial charge on any atom is -0.482 e. The van der Waals surface area contributed by atoms with Gasteiger partial charge in [-0.3, -0.25) is 4.79 Å². The van der Waals surface area contributed by atoms with Crippen LogP contribution in [0, 0.1) is 0 Å². The highest BCUT2D eigenvalue weighted by Gasteiger charge is 2.13. The van der Waals surface area contributed by atoms with Gasteiger partial charge in [-0.15, -0.1) is 0 Å². The average Bonchev–Trinajstić information content (AvgIpc) is 2.52. The fraction of sp³-hybridized carbons (Fsp3) is 0.235. The van der Waals surface area contributed by atoms with Gasteiger partial charge in [-0.1, -0.05) is 60.5 Å². The van der Waals surface area contributed by atoms with Crippen molar-refractivity contribution in [1.29, 1.82) is 0 Å². The Morgan fingerprint density at radius 2 is 1.91 bits per heavy atom. The monoisotopic (exact) mass is 337 g/mol. The lowest BCUT2D eigenvalue weighted by molar-refractivity contribution is -0.123. The highest BCUT2D eigenvalue weighted by atomic mass is 35.5. The standard InChI is InChI=1S/C17H17Cl2NO2/c1-2-15(12-6-4-3-5-7-12)20-17(21)11-22-16-9-8-13(18)10-14(16)19/h3-10,15H,2,11H2,1H3,(H,20,21). The molecule has 1 unspecified atom stereocenters. The fourth-order valence-corrected chi connectivity index (χ4v) is 2.54. The van der Waals surface area contributed by atoms with E-state index in [4.69, 9.17) is 27.9 Å². The number of benzene rings is 2. The summed E-state index contributed by atoms with van der Waals surface area (Å²) in [5.41, 5.74) is 1.07. The van der Waals surface area contributed by atoms with Crippen LogP contribution in [0.4, 0.5) is 0 Å². The second-order valence-electron chi connectivity index (χ2n) is 4.80. The van der Waals surface area contributed by atoms with E-state index in [9.17, 15) is 4.79 Å². The van der Waals surface area contributed by atoms with E-state index in [1.165, 1.54) is 0 Å². The molecule has 116 valence electrons. The molecule has 0 aliphatic carbocycles. The van der Waals surface area contributed by atoms with Crippen molar-refractivity contribution in [3.63, 3.8) is 0 Å². The fourth-order valence-electron chi connectivity index (χ4n) is 2.08. The molecule has 2 rings (SSSR count). The van der Waals surface area contributed by atoms with E-state index >= 15 is 0 Å². The summed E-state index contributed by atoms with van der Waals surface area (Å²) in [6.45, 7) is 1.93. The van der Waals surface area contributed by atoms with E-state index in [-0.39, 0.29) is 18.6 Å². The van der Waals surface area contributed by atoms with E-state index in [0.29, 0.717) is 15.8 Å². The van der Waals surface area contributed by atoms with Crippen LogP contribution in [0.3, 0.4) is 0 Å². The zero-order valence-electron chi connectivity index (χ0n) is 12.2. The van der Waals surface area contributed by atoms with Crippen LogP contribution < -0.4 is 10.1 Å². The van der Waals surface area contributed by atoms with Crippen molar-refractivity contribution in [3.05, 3.63) is 64.1 Å². The van der Waals surface area contributed by atoms with E-state index < -0.39 is 0 Å². The summed E-state index contributed by atoms with van der Waals surface area (Å²) in [5, 5.41) is 3.86. The summed E-state index contributed by atoms with van der Waals surface area (Å²) >= 11 is 11.8. The van der Waals surface area contributed by atoms with Crippen LogP contribution in [0.1, 0.15) is 24.9 Å². The number of hydrogen-bond acceptors (Lipinski definition) is 2.